The van der Waals surface area contributed by atoms with Crippen LogP contribution in [0.4, 0.5) is 15.4 Å². The molecule has 0 unspecified atom stereocenters. The number of ether oxygens (including phenoxy) is 2. The van der Waals surface area contributed by atoms with Gasteiger partial charge in [0.1, 0.15) is 11.2 Å². The summed E-state index contributed by atoms with van der Waals surface area (Å²) in [6.45, 7) is 12.0. The molecule has 0 radical (unpaired) electrons. The number of carbonyl (C=O) groups is 2. The van der Waals surface area contributed by atoms with E-state index in [4.69, 9.17) is 9.47 Å². The van der Waals surface area contributed by atoms with Gasteiger partial charge >= 0.3 is 12.2 Å². The van der Waals surface area contributed by atoms with Crippen molar-refractivity contribution in [3.8, 4) is 0 Å². The van der Waals surface area contributed by atoms with Crippen LogP contribution in [0.3, 0.4) is 0 Å². The Balaban J connectivity index is 3.12. The first-order valence-electron chi connectivity index (χ1n) is 6.95. The Kier molecular flexibility index (Phi) is 5.11. The molecular formula is C15H23N3O4. The Morgan fingerprint density at radius 3 is 1.68 bits per heavy atom. The topological polar surface area (TPSA) is 81.6 Å². The lowest BCUT2D eigenvalue weighted by Gasteiger charge is -2.27. The summed E-state index contributed by atoms with van der Waals surface area (Å²) in [6, 6.07) is 3.15. The van der Waals surface area contributed by atoms with Gasteiger partial charge in [0.25, 0.3) is 0 Å². The molecule has 0 saturated heterocycles. The van der Waals surface area contributed by atoms with E-state index in [1.807, 2.05) is 0 Å². The second-order valence-corrected chi connectivity index (χ2v) is 6.83. The number of aryl methyl sites for hydroxylation is 1. The maximum Gasteiger partial charge on any atom is 0.425 e. The summed E-state index contributed by atoms with van der Waals surface area (Å²) in [5.41, 5.74) is -0.845. The summed E-state index contributed by atoms with van der Waals surface area (Å²) in [7, 11) is 0. The summed E-state index contributed by atoms with van der Waals surface area (Å²) in [4.78, 5) is 25.4. The highest BCUT2D eigenvalue weighted by molar-refractivity contribution is 6.08. The van der Waals surface area contributed by atoms with Gasteiger partial charge in [-0.2, -0.15) is 10.00 Å². The van der Waals surface area contributed by atoms with Crippen molar-refractivity contribution < 1.29 is 19.1 Å². The number of imide groups is 1. The fourth-order valence-electron chi connectivity index (χ4n) is 1.39. The summed E-state index contributed by atoms with van der Waals surface area (Å²) in [5.74, 6) is 0.0501. The highest BCUT2D eigenvalue weighted by Gasteiger charge is 2.33. The zero-order valence-corrected chi connectivity index (χ0v) is 14.1. The van der Waals surface area contributed by atoms with Gasteiger partial charge in [-0.05, 0) is 60.6 Å². The van der Waals surface area contributed by atoms with E-state index in [0.29, 0.717) is 5.69 Å². The van der Waals surface area contributed by atoms with Crippen molar-refractivity contribution in [2.24, 2.45) is 0 Å². The predicted molar refractivity (Wildman–Crippen MR) is 81.7 cm³/mol. The van der Waals surface area contributed by atoms with E-state index >= 15 is 0 Å². The predicted octanol–water partition coefficient (Wildman–Crippen LogP) is 3.46. The lowest BCUT2D eigenvalue weighted by Crippen LogP contribution is -2.44. The fourth-order valence-corrected chi connectivity index (χ4v) is 1.39. The molecule has 7 nitrogen and oxygen atoms in total. The van der Waals surface area contributed by atoms with Crippen LogP contribution in [0.2, 0.25) is 0 Å². The molecule has 0 atom stereocenters. The zero-order chi connectivity index (χ0) is 17.1. The van der Waals surface area contributed by atoms with Crippen LogP contribution in [0, 0.1) is 6.92 Å². The van der Waals surface area contributed by atoms with Gasteiger partial charge in [-0.25, -0.2) is 9.59 Å². The quantitative estimate of drug-likeness (QED) is 0.790. The molecule has 7 heteroatoms. The van der Waals surface area contributed by atoms with E-state index in [-0.39, 0.29) is 5.82 Å². The molecule has 1 aromatic heterocycles. The molecule has 0 bridgehead atoms. The summed E-state index contributed by atoms with van der Waals surface area (Å²) >= 11 is 0. The number of anilines is 1. The Bertz CT molecular complexity index is 513. The van der Waals surface area contributed by atoms with Crippen LogP contribution in [0.25, 0.3) is 0 Å². The summed E-state index contributed by atoms with van der Waals surface area (Å²) < 4.78 is 10.5. The van der Waals surface area contributed by atoms with Gasteiger partial charge in [-0.3, -0.25) is 0 Å². The lowest BCUT2D eigenvalue weighted by molar-refractivity contribution is 0.0428. The van der Waals surface area contributed by atoms with Crippen molar-refractivity contribution in [3.63, 3.8) is 0 Å². The Morgan fingerprint density at radius 1 is 0.909 bits per heavy atom. The third kappa shape index (κ3) is 5.67. The van der Waals surface area contributed by atoms with Crippen LogP contribution in [0.1, 0.15) is 47.2 Å². The van der Waals surface area contributed by atoms with Gasteiger partial charge < -0.3 is 9.47 Å². The molecule has 0 fully saturated rings. The largest absolute Gasteiger partial charge is 0.443 e. The smallest absolute Gasteiger partial charge is 0.425 e. The van der Waals surface area contributed by atoms with Crippen molar-refractivity contribution in [1.82, 2.24) is 10.2 Å². The maximum atomic E-state index is 12.3. The molecule has 122 valence electrons. The van der Waals surface area contributed by atoms with Crippen LogP contribution in [0.5, 0.6) is 0 Å². The number of hydrogen-bond acceptors (Lipinski definition) is 6. The highest BCUT2D eigenvalue weighted by Crippen LogP contribution is 2.19. The van der Waals surface area contributed by atoms with Crippen molar-refractivity contribution in [2.45, 2.75) is 59.7 Å². The van der Waals surface area contributed by atoms with Crippen molar-refractivity contribution in [1.29, 1.82) is 0 Å². The van der Waals surface area contributed by atoms with Crippen LogP contribution in [-0.4, -0.2) is 33.6 Å². The third-order valence-electron chi connectivity index (χ3n) is 2.17. The molecule has 0 aromatic carbocycles. The molecular weight excluding hydrogens is 286 g/mol. The van der Waals surface area contributed by atoms with E-state index in [1.165, 1.54) is 6.07 Å². The third-order valence-corrected chi connectivity index (χ3v) is 2.17. The van der Waals surface area contributed by atoms with E-state index in [0.717, 1.165) is 4.90 Å². The summed E-state index contributed by atoms with van der Waals surface area (Å²) in [6.07, 6.45) is -1.72. The van der Waals surface area contributed by atoms with Crippen molar-refractivity contribution in [3.05, 3.63) is 17.8 Å². The number of amides is 2. The maximum absolute atomic E-state index is 12.3. The Morgan fingerprint density at radius 2 is 1.36 bits per heavy atom. The minimum atomic E-state index is -0.861. The highest BCUT2D eigenvalue weighted by atomic mass is 16.6. The fraction of sp³-hybridized carbons (Fsp3) is 0.600. The second kappa shape index (κ2) is 6.29. The minimum Gasteiger partial charge on any atom is -0.443 e. The molecule has 1 aromatic rings. The first kappa shape index (κ1) is 17.9. The number of aromatic nitrogens is 2. The molecule has 0 spiro atoms. The molecule has 0 aliphatic heterocycles. The van der Waals surface area contributed by atoms with E-state index < -0.39 is 23.4 Å². The van der Waals surface area contributed by atoms with E-state index in [9.17, 15) is 9.59 Å². The van der Waals surface area contributed by atoms with Gasteiger partial charge in [-0.1, -0.05) is 0 Å². The average molecular weight is 309 g/mol. The Labute approximate surface area is 130 Å². The monoisotopic (exact) mass is 309 g/mol. The number of rotatable bonds is 1. The second-order valence-electron chi connectivity index (χ2n) is 6.83. The van der Waals surface area contributed by atoms with E-state index in [2.05, 4.69) is 10.2 Å². The standard InChI is InChI=1S/C15H23N3O4/c1-10-8-9-11(17-16-10)18(12(19)21-14(2,3)4)13(20)22-15(5,6)7/h8-9H,1-7H3. The molecule has 22 heavy (non-hydrogen) atoms. The number of carbonyl (C=O) groups excluding carboxylic acids is 2. The van der Waals surface area contributed by atoms with Crippen LogP contribution >= 0.6 is 0 Å². The van der Waals surface area contributed by atoms with Gasteiger partial charge in [-0.15, -0.1) is 5.10 Å². The molecule has 1 heterocycles. The molecule has 2 amide bonds. The first-order valence-corrected chi connectivity index (χ1v) is 6.95. The van der Waals surface area contributed by atoms with Gasteiger partial charge in [0.05, 0.1) is 5.69 Å². The van der Waals surface area contributed by atoms with Gasteiger partial charge in [0, 0.05) is 0 Å². The normalized spacial score (nSPS) is 11.8. The van der Waals surface area contributed by atoms with Crippen LogP contribution < -0.4 is 4.90 Å². The molecule has 0 aliphatic carbocycles. The SMILES string of the molecule is Cc1ccc(N(C(=O)OC(C)(C)C)C(=O)OC(C)(C)C)nn1. The average Bonchev–Trinajstić information content (AvgIpc) is 2.27. The number of hydrogen-bond donors (Lipinski definition) is 0. The molecule has 1 rings (SSSR count). The van der Waals surface area contributed by atoms with Gasteiger partial charge in [0.2, 0.25) is 0 Å². The zero-order valence-electron chi connectivity index (χ0n) is 14.1. The molecule has 0 saturated carbocycles. The lowest BCUT2D eigenvalue weighted by atomic mass is 10.2. The van der Waals surface area contributed by atoms with Crippen molar-refractivity contribution >= 4 is 18.0 Å². The first-order chi connectivity index (χ1) is 9.89. The molecule has 0 N–H and O–H groups in total. The van der Waals surface area contributed by atoms with E-state index in [1.54, 1.807) is 54.5 Å². The van der Waals surface area contributed by atoms with Crippen LogP contribution in [-0.2, 0) is 9.47 Å². The molecule has 0 aliphatic rings. The minimum absolute atomic E-state index is 0.0501. The van der Waals surface area contributed by atoms with Crippen LogP contribution in [0.15, 0.2) is 12.1 Å². The Hall–Kier alpha value is -2.18. The van der Waals surface area contributed by atoms with Gasteiger partial charge in [0.15, 0.2) is 5.82 Å². The summed E-state index contributed by atoms with van der Waals surface area (Å²) in [5, 5.41) is 7.71. The number of nitrogens with zero attached hydrogens (tertiary/aromatic N) is 3. The van der Waals surface area contributed by atoms with Crippen molar-refractivity contribution in [2.75, 3.05) is 4.90 Å².